The first-order valence-electron chi connectivity index (χ1n) is 10.0. The Morgan fingerprint density at radius 1 is 0.969 bits per heavy atom. The molecule has 0 N–H and O–H groups in total. The lowest BCUT2D eigenvalue weighted by Gasteiger charge is -2.28. The van der Waals surface area contributed by atoms with Crippen LogP contribution in [0.25, 0.3) is 0 Å². The van der Waals surface area contributed by atoms with Gasteiger partial charge in [0.25, 0.3) is 11.6 Å². The third-order valence-corrected chi connectivity index (χ3v) is 5.75. The van der Waals surface area contributed by atoms with Crippen molar-refractivity contribution in [2.45, 2.75) is 19.1 Å². The van der Waals surface area contributed by atoms with Crippen molar-refractivity contribution in [1.29, 1.82) is 0 Å². The summed E-state index contributed by atoms with van der Waals surface area (Å²) in [7, 11) is 0. The number of hydrogen-bond donors (Lipinski definition) is 0. The van der Waals surface area contributed by atoms with Crippen LogP contribution in [0.3, 0.4) is 0 Å². The van der Waals surface area contributed by atoms with Crippen molar-refractivity contribution in [2.24, 2.45) is 5.92 Å². The quantitative estimate of drug-likeness (QED) is 0.355. The molecule has 0 radical (unpaired) electrons. The molecule has 3 atom stereocenters. The third kappa shape index (κ3) is 3.10. The number of pyridine rings is 1. The molecule has 160 valence electrons. The first kappa shape index (κ1) is 19.8. The highest BCUT2D eigenvalue weighted by molar-refractivity contribution is 6.23. The summed E-state index contributed by atoms with van der Waals surface area (Å²) < 4.78 is 0. The molecule has 2 aromatic carbocycles. The topological polar surface area (TPSA) is 106 Å². The van der Waals surface area contributed by atoms with Crippen molar-refractivity contribution in [3.63, 3.8) is 0 Å². The predicted octanol–water partition coefficient (Wildman–Crippen LogP) is 3.35. The van der Waals surface area contributed by atoms with Crippen LogP contribution in [0.4, 0.5) is 17.1 Å². The average Bonchev–Trinajstić information content (AvgIpc) is 3.31. The second kappa shape index (κ2) is 7.54. The van der Waals surface area contributed by atoms with Crippen LogP contribution < -0.4 is 9.96 Å². The van der Waals surface area contributed by atoms with Crippen molar-refractivity contribution in [3.8, 4) is 0 Å². The molecule has 0 spiro atoms. The average molecular weight is 430 g/mol. The number of non-ortho nitro benzene ring substituents is 1. The van der Waals surface area contributed by atoms with Gasteiger partial charge in [-0.05, 0) is 42.8 Å². The fraction of sp³-hybridized carbons (Fsp3) is 0.174. The number of amides is 2. The second-order valence-corrected chi connectivity index (χ2v) is 7.73. The summed E-state index contributed by atoms with van der Waals surface area (Å²) in [6.07, 6.45) is 2.14. The zero-order chi connectivity index (χ0) is 22.4. The standard InChI is InChI=1S/C23H18N4O5/c1-14-5-7-16(8-6-14)25-22(28)19-20(15-9-11-24-12-10-15)26(32-21(19)23(25)29)17-3-2-4-18(13-17)27(30)31/h2-13,19-21H,1H3/t19-,20+,21-/m1/s1. The van der Waals surface area contributed by atoms with Gasteiger partial charge in [-0.1, -0.05) is 23.8 Å². The minimum Gasteiger partial charge on any atom is -0.273 e. The number of anilines is 2. The number of aryl methyl sites for hydroxylation is 1. The molecule has 2 fully saturated rings. The molecule has 0 saturated carbocycles. The molecule has 5 rings (SSSR count). The van der Waals surface area contributed by atoms with E-state index in [0.29, 0.717) is 16.9 Å². The van der Waals surface area contributed by atoms with Gasteiger partial charge >= 0.3 is 0 Å². The number of carbonyl (C=O) groups excluding carboxylic acids is 2. The minimum absolute atomic E-state index is 0.115. The first-order valence-corrected chi connectivity index (χ1v) is 10.0. The number of rotatable bonds is 4. The molecule has 0 aliphatic carbocycles. The van der Waals surface area contributed by atoms with E-state index < -0.39 is 28.9 Å². The number of aromatic nitrogens is 1. The monoisotopic (exact) mass is 430 g/mol. The van der Waals surface area contributed by atoms with E-state index in [2.05, 4.69) is 4.98 Å². The van der Waals surface area contributed by atoms with Crippen LogP contribution in [0.15, 0.2) is 73.1 Å². The number of hydrogen-bond acceptors (Lipinski definition) is 7. The summed E-state index contributed by atoms with van der Waals surface area (Å²) in [5.41, 5.74) is 2.48. The molecule has 3 aromatic rings. The Labute approximate surface area is 183 Å². The van der Waals surface area contributed by atoms with Crippen molar-refractivity contribution in [2.75, 3.05) is 9.96 Å². The second-order valence-electron chi connectivity index (χ2n) is 7.73. The maximum atomic E-state index is 13.5. The van der Waals surface area contributed by atoms with E-state index in [1.165, 1.54) is 23.3 Å². The summed E-state index contributed by atoms with van der Waals surface area (Å²) in [5, 5.41) is 12.7. The molecule has 9 nitrogen and oxygen atoms in total. The number of nitro benzene ring substituents is 1. The van der Waals surface area contributed by atoms with E-state index >= 15 is 0 Å². The molecule has 2 aliphatic heterocycles. The Balaban J connectivity index is 1.58. The van der Waals surface area contributed by atoms with Crippen LogP contribution in [0, 0.1) is 23.0 Å². The Bertz CT molecular complexity index is 1210. The first-order chi connectivity index (χ1) is 15.5. The van der Waals surface area contributed by atoms with Crippen molar-refractivity contribution >= 4 is 28.9 Å². The molecule has 1 aromatic heterocycles. The molecule has 9 heteroatoms. The van der Waals surface area contributed by atoms with Gasteiger partial charge in [0.05, 0.1) is 22.3 Å². The number of hydroxylamine groups is 1. The maximum absolute atomic E-state index is 13.5. The molecule has 32 heavy (non-hydrogen) atoms. The maximum Gasteiger partial charge on any atom is 0.271 e. The Kier molecular flexibility index (Phi) is 4.67. The minimum atomic E-state index is -1.04. The number of carbonyl (C=O) groups is 2. The number of nitro groups is 1. The molecule has 0 bridgehead atoms. The number of imide groups is 1. The lowest BCUT2D eigenvalue weighted by molar-refractivity contribution is -0.384. The van der Waals surface area contributed by atoms with Crippen LogP contribution in [0.1, 0.15) is 17.2 Å². The zero-order valence-corrected chi connectivity index (χ0v) is 17.0. The van der Waals surface area contributed by atoms with Gasteiger partial charge in [0.15, 0.2) is 6.10 Å². The summed E-state index contributed by atoms with van der Waals surface area (Å²) in [6.45, 7) is 1.92. The van der Waals surface area contributed by atoms with Gasteiger partial charge in [-0.3, -0.25) is 29.5 Å². The molecule has 3 heterocycles. The Morgan fingerprint density at radius 2 is 1.69 bits per heavy atom. The van der Waals surface area contributed by atoms with Crippen LogP contribution in [0.5, 0.6) is 0 Å². The van der Waals surface area contributed by atoms with Gasteiger partial charge in [0, 0.05) is 24.5 Å². The van der Waals surface area contributed by atoms with E-state index in [1.54, 1.807) is 42.7 Å². The van der Waals surface area contributed by atoms with Crippen molar-refractivity contribution < 1.29 is 19.3 Å². The number of benzene rings is 2. The van der Waals surface area contributed by atoms with Gasteiger partial charge in [0.2, 0.25) is 5.91 Å². The van der Waals surface area contributed by atoms with Gasteiger partial charge < -0.3 is 0 Å². The molecule has 2 saturated heterocycles. The Hall–Kier alpha value is -4.11. The fourth-order valence-corrected chi connectivity index (χ4v) is 4.23. The Morgan fingerprint density at radius 3 is 2.38 bits per heavy atom. The number of fused-ring (bicyclic) bond motifs is 1. The van der Waals surface area contributed by atoms with E-state index in [-0.39, 0.29) is 11.6 Å². The van der Waals surface area contributed by atoms with Crippen molar-refractivity contribution in [1.82, 2.24) is 4.98 Å². The van der Waals surface area contributed by atoms with Crippen LogP contribution in [0.2, 0.25) is 0 Å². The van der Waals surface area contributed by atoms with E-state index in [4.69, 9.17) is 4.84 Å². The summed E-state index contributed by atoms with van der Waals surface area (Å²) in [4.78, 5) is 48.7. The van der Waals surface area contributed by atoms with Gasteiger partial charge in [-0.15, -0.1) is 0 Å². The molecule has 2 aliphatic rings. The number of nitrogens with zero attached hydrogens (tertiary/aromatic N) is 4. The van der Waals surface area contributed by atoms with Gasteiger partial charge in [-0.2, -0.15) is 0 Å². The van der Waals surface area contributed by atoms with Crippen LogP contribution in [-0.4, -0.2) is 27.8 Å². The largest absolute Gasteiger partial charge is 0.273 e. The third-order valence-electron chi connectivity index (χ3n) is 5.75. The lowest BCUT2D eigenvalue weighted by Crippen LogP contribution is -2.37. The fourth-order valence-electron chi connectivity index (χ4n) is 4.23. The smallest absolute Gasteiger partial charge is 0.271 e. The highest BCUT2D eigenvalue weighted by Gasteiger charge is 2.60. The summed E-state index contributed by atoms with van der Waals surface area (Å²) >= 11 is 0. The SMILES string of the molecule is Cc1ccc(N2C(=O)[C@H]3[C@@H](ON(c4cccc([N+](=O)[O-])c4)[C@H]3c3ccncc3)C2=O)cc1. The summed E-state index contributed by atoms with van der Waals surface area (Å²) in [6, 6.07) is 15.9. The van der Waals surface area contributed by atoms with Gasteiger partial charge in [0.1, 0.15) is 5.92 Å². The normalized spacial score (nSPS) is 22.3. The lowest BCUT2D eigenvalue weighted by atomic mass is 9.91. The van der Waals surface area contributed by atoms with Crippen LogP contribution in [-0.2, 0) is 14.4 Å². The molecular formula is C23H18N4O5. The van der Waals surface area contributed by atoms with E-state index in [1.807, 2.05) is 19.1 Å². The zero-order valence-electron chi connectivity index (χ0n) is 17.0. The highest BCUT2D eigenvalue weighted by Crippen LogP contribution is 2.47. The summed E-state index contributed by atoms with van der Waals surface area (Å²) in [5.74, 6) is -1.65. The highest BCUT2D eigenvalue weighted by atomic mass is 16.7. The predicted molar refractivity (Wildman–Crippen MR) is 115 cm³/mol. The van der Waals surface area contributed by atoms with Gasteiger partial charge in [-0.25, -0.2) is 9.96 Å². The molecule has 0 unspecified atom stereocenters. The van der Waals surface area contributed by atoms with E-state index in [0.717, 1.165) is 10.5 Å². The van der Waals surface area contributed by atoms with Crippen LogP contribution >= 0.6 is 0 Å². The molecular weight excluding hydrogens is 412 g/mol. The van der Waals surface area contributed by atoms with Crippen molar-refractivity contribution in [3.05, 3.63) is 94.3 Å². The molecule has 2 amide bonds. The van der Waals surface area contributed by atoms with E-state index in [9.17, 15) is 19.7 Å².